The third kappa shape index (κ3) is 2.80. The Balaban J connectivity index is 1.80. The van der Waals surface area contributed by atoms with Crippen molar-refractivity contribution in [1.82, 2.24) is 19.6 Å². The zero-order valence-corrected chi connectivity index (χ0v) is 11.8. The molecule has 1 fully saturated rings. The number of pyridine rings is 1. The topological polar surface area (TPSA) is 32.6 Å². The third-order valence-electron chi connectivity index (χ3n) is 3.75. The highest BCUT2D eigenvalue weighted by molar-refractivity contribution is 5.43. The van der Waals surface area contributed by atoms with E-state index in [4.69, 9.17) is 4.98 Å². The summed E-state index contributed by atoms with van der Waals surface area (Å²) < 4.78 is 2.12. The molecule has 0 atom stereocenters. The van der Waals surface area contributed by atoms with Gasteiger partial charge in [-0.3, -0.25) is 4.90 Å². The molecule has 1 N–H and O–H groups in total. The molecule has 0 aromatic carbocycles. The minimum absolute atomic E-state index is 0.483. The second-order valence-corrected chi connectivity index (χ2v) is 5.65. The lowest BCUT2D eigenvalue weighted by Gasteiger charge is -2.27. The first-order chi connectivity index (χ1) is 9.22. The SMILES string of the molecule is CC(C)c1cn2ccc(CN3CCNCC3)cc2n1. The maximum Gasteiger partial charge on any atom is 0.137 e. The lowest BCUT2D eigenvalue weighted by atomic mass is 10.2. The molecule has 19 heavy (non-hydrogen) atoms. The number of rotatable bonds is 3. The summed E-state index contributed by atoms with van der Waals surface area (Å²) in [6.07, 6.45) is 4.26. The van der Waals surface area contributed by atoms with Crippen molar-refractivity contribution in [3.8, 4) is 0 Å². The van der Waals surface area contributed by atoms with Crippen molar-refractivity contribution in [2.45, 2.75) is 26.3 Å². The fourth-order valence-corrected chi connectivity index (χ4v) is 2.55. The third-order valence-corrected chi connectivity index (χ3v) is 3.75. The van der Waals surface area contributed by atoms with E-state index in [1.54, 1.807) is 0 Å². The van der Waals surface area contributed by atoms with Crippen LogP contribution in [0.4, 0.5) is 0 Å². The zero-order chi connectivity index (χ0) is 13.2. The largest absolute Gasteiger partial charge is 0.314 e. The summed E-state index contributed by atoms with van der Waals surface area (Å²) in [5.74, 6) is 0.483. The van der Waals surface area contributed by atoms with E-state index < -0.39 is 0 Å². The predicted molar refractivity (Wildman–Crippen MR) is 77.4 cm³/mol. The van der Waals surface area contributed by atoms with Crippen LogP contribution in [0.5, 0.6) is 0 Å². The smallest absolute Gasteiger partial charge is 0.137 e. The second-order valence-electron chi connectivity index (χ2n) is 5.65. The van der Waals surface area contributed by atoms with Crippen LogP contribution in [0, 0.1) is 0 Å². The average Bonchev–Trinajstić information content (AvgIpc) is 2.83. The second kappa shape index (κ2) is 5.31. The highest BCUT2D eigenvalue weighted by Crippen LogP contribution is 2.16. The minimum Gasteiger partial charge on any atom is -0.314 e. The van der Waals surface area contributed by atoms with Crippen molar-refractivity contribution in [3.05, 3.63) is 35.8 Å². The summed E-state index contributed by atoms with van der Waals surface area (Å²) in [6, 6.07) is 4.43. The molecule has 0 aliphatic carbocycles. The highest BCUT2D eigenvalue weighted by Gasteiger charge is 2.11. The van der Waals surface area contributed by atoms with Crippen LogP contribution in [-0.2, 0) is 6.54 Å². The Bertz CT molecular complexity index is 552. The van der Waals surface area contributed by atoms with Crippen molar-refractivity contribution in [2.24, 2.45) is 0 Å². The van der Waals surface area contributed by atoms with E-state index in [0.717, 1.165) is 38.4 Å². The van der Waals surface area contributed by atoms with E-state index in [9.17, 15) is 0 Å². The van der Waals surface area contributed by atoms with Gasteiger partial charge in [0.2, 0.25) is 0 Å². The van der Waals surface area contributed by atoms with Gasteiger partial charge in [-0.15, -0.1) is 0 Å². The van der Waals surface area contributed by atoms with Gasteiger partial charge in [0.1, 0.15) is 5.65 Å². The van der Waals surface area contributed by atoms with Gasteiger partial charge in [-0.1, -0.05) is 13.8 Å². The molecule has 102 valence electrons. The molecule has 0 radical (unpaired) electrons. The molecule has 3 rings (SSSR count). The van der Waals surface area contributed by atoms with Crippen molar-refractivity contribution in [3.63, 3.8) is 0 Å². The Morgan fingerprint density at radius 1 is 1.32 bits per heavy atom. The molecule has 1 aliphatic heterocycles. The molecule has 3 heterocycles. The van der Waals surface area contributed by atoms with Gasteiger partial charge in [0, 0.05) is 45.1 Å². The van der Waals surface area contributed by atoms with Crippen LogP contribution in [0.2, 0.25) is 0 Å². The lowest BCUT2D eigenvalue weighted by Crippen LogP contribution is -2.42. The summed E-state index contributed by atoms with van der Waals surface area (Å²) >= 11 is 0. The van der Waals surface area contributed by atoms with Crippen LogP contribution in [0.25, 0.3) is 5.65 Å². The molecule has 0 unspecified atom stereocenters. The van der Waals surface area contributed by atoms with E-state index in [1.807, 2.05) is 0 Å². The van der Waals surface area contributed by atoms with Gasteiger partial charge in [-0.05, 0) is 23.6 Å². The first kappa shape index (κ1) is 12.6. The highest BCUT2D eigenvalue weighted by atomic mass is 15.2. The van der Waals surface area contributed by atoms with Crippen molar-refractivity contribution in [2.75, 3.05) is 26.2 Å². The van der Waals surface area contributed by atoms with Crippen LogP contribution in [0.1, 0.15) is 31.0 Å². The molecule has 0 spiro atoms. The average molecular weight is 258 g/mol. The summed E-state index contributed by atoms with van der Waals surface area (Å²) in [7, 11) is 0. The van der Waals surface area contributed by atoms with Crippen molar-refractivity contribution in [1.29, 1.82) is 0 Å². The van der Waals surface area contributed by atoms with E-state index in [0.29, 0.717) is 5.92 Å². The number of piperazine rings is 1. The van der Waals surface area contributed by atoms with Gasteiger partial charge in [0.05, 0.1) is 5.69 Å². The van der Waals surface area contributed by atoms with Gasteiger partial charge >= 0.3 is 0 Å². The van der Waals surface area contributed by atoms with Crippen LogP contribution in [-0.4, -0.2) is 40.5 Å². The Hall–Kier alpha value is -1.39. The molecule has 1 saturated heterocycles. The van der Waals surface area contributed by atoms with E-state index in [1.165, 1.54) is 11.3 Å². The van der Waals surface area contributed by atoms with Crippen LogP contribution in [0.15, 0.2) is 24.5 Å². The summed E-state index contributed by atoms with van der Waals surface area (Å²) in [4.78, 5) is 7.19. The molecule has 2 aromatic heterocycles. The van der Waals surface area contributed by atoms with Gasteiger partial charge in [0.15, 0.2) is 0 Å². The molecule has 4 nitrogen and oxygen atoms in total. The lowest BCUT2D eigenvalue weighted by molar-refractivity contribution is 0.233. The number of nitrogens with one attached hydrogen (secondary N) is 1. The Labute approximate surface area is 114 Å². The molecule has 1 aliphatic rings. The normalized spacial score (nSPS) is 17.4. The number of hydrogen-bond acceptors (Lipinski definition) is 3. The fourth-order valence-electron chi connectivity index (χ4n) is 2.55. The van der Waals surface area contributed by atoms with Crippen molar-refractivity contribution < 1.29 is 0 Å². The maximum atomic E-state index is 4.70. The molecule has 0 amide bonds. The zero-order valence-electron chi connectivity index (χ0n) is 11.8. The number of aromatic nitrogens is 2. The van der Waals surface area contributed by atoms with Gasteiger partial charge in [-0.2, -0.15) is 0 Å². The first-order valence-electron chi connectivity index (χ1n) is 7.13. The molecule has 0 bridgehead atoms. The molecule has 4 heteroatoms. The first-order valence-corrected chi connectivity index (χ1v) is 7.13. The van der Waals surface area contributed by atoms with Gasteiger partial charge in [-0.25, -0.2) is 4.98 Å². The fraction of sp³-hybridized carbons (Fsp3) is 0.533. The van der Waals surface area contributed by atoms with E-state index in [-0.39, 0.29) is 0 Å². The van der Waals surface area contributed by atoms with Gasteiger partial charge in [0.25, 0.3) is 0 Å². The van der Waals surface area contributed by atoms with Crippen molar-refractivity contribution >= 4 is 5.65 Å². The molecule has 2 aromatic rings. The number of nitrogens with zero attached hydrogens (tertiary/aromatic N) is 3. The number of fused-ring (bicyclic) bond motifs is 1. The van der Waals surface area contributed by atoms with Crippen LogP contribution >= 0.6 is 0 Å². The Morgan fingerprint density at radius 3 is 2.84 bits per heavy atom. The van der Waals surface area contributed by atoms with Gasteiger partial charge < -0.3 is 9.72 Å². The van der Waals surface area contributed by atoms with E-state index >= 15 is 0 Å². The Morgan fingerprint density at radius 2 is 2.11 bits per heavy atom. The standard InChI is InChI=1S/C15H22N4/c1-12(2)14-11-19-6-3-13(9-15(19)17-14)10-18-7-4-16-5-8-18/h3,6,9,11-12,16H,4-5,7-8,10H2,1-2H3. The maximum absolute atomic E-state index is 4.70. The monoisotopic (exact) mass is 258 g/mol. The van der Waals surface area contributed by atoms with Crippen LogP contribution in [0.3, 0.4) is 0 Å². The molecular formula is C15H22N4. The molecular weight excluding hydrogens is 236 g/mol. The minimum atomic E-state index is 0.483. The summed E-state index contributed by atoms with van der Waals surface area (Å²) in [5, 5.41) is 3.39. The summed E-state index contributed by atoms with van der Waals surface area (Å²) in [6.45, 7) is 9.87. The Kier molecular flexibility index (Phi) is 3.53. The quantitative estimate of drug-likeness (QED) is 0.912. The predicted octanol–water partition coefficient (Wildman–Crippen LogP) is 1.86. The summed E-state index contributed by atoms with van der Waals surface area (Å²) in [5.41, 5.74) is 3.59. The van der Waals surface area contributed by atoms with Crippen LogP contribution < -0.4 is 5.32 Å². The van der Waals surface area contributed by atoms with E-state index in [2.05, 4.69) is 53.0 Å². The number of imidazole rings is 1. The molecule has 0 saturated carbocycles. The number of hydrogen-bond donors (Lipinski definition) is 1.